The lowest BCUT2D eigenvalue weighted by atomic mass is 9.90. The molecule has 1 N–H and O–H groups in total. The van der Waals surface area contributed by atoms with Crippen LogP contribution in [0.3, 0.4) is 0 Å². The van der Waals surface area contributed by atoms with Crippen molar-refractivity contribution in [3.63, 3.8) is 0 Å². The maximum Gasteiger partial charge on any atom is 0.316 e. The van der Waals surface area contributed by atoms with Gasteiger partial charge in [-0.25, -0.2) is 0 Å². The van der Waals surface area contributed by atoms with E-state index in [4.69, 9.17) is 5.11 Å². The first-order valence-electron chi connectivity index (χ1n) is 3.53. The second-order valence-electron chi connectivity index (χ2n) is 2.67. The zero-order valence-corrected chi connectivity index (χ0v) is 5.47. The summed E-state index contributed by atoms with van der Waals surface area (Å²) in [5.74, 6) is -0.631. The van der Waals surface area contributed by atoms with E-state index in [-0.39, 0.29) is 29.0 Å². The summed E-state index contributed by atoms with van der Waals surface area (Å²) in [4.78, 5) is 10.4. The Balaban J connectivity index is 0.000000810. The van der Waals surface area contributed by atoms with Crippen LogP contribution in [0.2, 0.25) is 0 Å². The van der Waals surface area contributed by atoms with E-state index in [9.17, 15) is 4.79 Å². The van der Waals surface area contributed by atoms with Gasteiger partial charge in [-0.15, -0.1) is 0 Å². The zero-order valence-electron chi connectivity index (χ0n) is 5.47. The highest BCUT2D eigenvalue weighted by Crippen LogP contribution is 2.23. The molecule has 0 aliphatic heterocycles. The monoisotopic (exact) mass is 154 g/mol. The van der Waals surface area contributed by atoms with Gasteiger partial charge in [0.05, 0.1) is 5.92 Å². The number of carbonyl (C=O) groups is 1. The SMILES string of the molecule is O=C(O)C1CCCCC1.[MgH2]. The van der Waals surface area contributed by atoms with Crippen molar-refractivity contribution in [2.45, 2.75) is 32.1 Å². The number of hydrogen-bond donors (Lipinski definition) is 1. The first kappa shape index (κ1) is 10.2. The third-order valence-corrected chi connectivity index (χ3v) is 1.95. The Hall–Kier alpha value is 0.236. The highest BCUT2D eigenvalue weighted by atomic mass is 24.3. The molecule has 0 heterocycles. The van der Waals surface area contributed by atoms with Crippen LogP contribution in [0.1, 0.15) is 32.1 Å². The summed E-state index contributed by atoms with van der Waals surface area (Å²) in [7, 11) is 0. The molecule has 2 nitrogen and oxygen atoms in total. The molecule has 0 bridgehead atoms. The minimum Gasteiger partial charge on any atom is -0.481 e. The lowest BCUT2D eigenvalue weighted by Crippen LogP contribution is -2.16. The molecule has 1 rings (SSSR count). The van der Waals surface area contributed by atoms with Crippen LogP contribution in [0.5, 0.6) is 0 Å². The number of rotatable bonds is 1. The number of hydrogen-bond acceptors (Lipinski definition) is 1. The molecule has 0 radical (unpaired) electrons. The fraction of sp³-hybridized carbons (Fsp3) is 0.857. The molecule has 1 aliphatic rings. The van der Waals surface area contributed by atoms with Gasteiger partial charge in [0.25, 0.3) is 0 Å². The molecule has 0 aromatic heterocycles. The smallest absolute Gasteiger partial charge is 0.316 e. The van der Waals surface area contributed by atoms with Crippen molar-refractivity contribution in [1.29, 1.82) is 0 Å². The Morgan fingerprint density at radius 2 is 1.70 bits per heavy atom. The van der Waals surface area contributed by atoms with Crippen molar-refractivity contribution in [3.8, 4) is 0 Å². The first-order chi connectivity index (χ1) is 4.30. The molecule has 1 aliphatic carbocycles. The second-order valence-corrected chi connectivity index (χ2v) is 2.67. The molecule has 0 aromatic rings. The van der Waals surface area contributed by atoms with E-state index >= 15 is 0 Å². The average Bonchev–Trinajstić information content (AvgIpc) is 1.90. The van der Waals surface area contributed by atoms with Crippen LogP contribution in [0.25, 0.3) is 0 Å². The van der Waals surface area contributed by atoms with Crippen LogP contribution >= 0.6 is 0 Å². The fourth-order valence-electron chi connectivity index (χ4n) is 1.35. The highest BCUT2D eigenvalue weighted by molar-refractivity contribution is 5.75. The van der Waals surface area contributed by atoms with E-state index in [0.29, 0.717) is 0 Å². The minimum absolute atomic E-state index is 0. The largest absolute Gasteiger partial charge is 0.481 e. The van der Waals surface area contributed by atoms with Crippen LogP contribution < -0.4 is 0 Å². The van der Waals surface area contributed by atoms with E-state index in [1.807, 2.05) is 0 Å². The van der Waals surface area contributed by atoms with E-state index in [1.54, 1.807) is 0 Å². The summed E-state index contributed by atoms with van der Waals surface area (Å²) in [6, 6.07) is 0. The predicted octanol–water partition coefficient (Wildman–Crippen LogP) is 0.735. The molecule has 56 valence electrons. The van der Waals surface area contributed by atoms with Gasteiger partial charge in [-0.05, 0) is 12.8 Å². The summed E-state index contributed by atoms with van der Waals surface area (Å²) in [6.45, 7) is 0. The zero-order chi connectivity index (χ0) is 6.69. The van der Waals surface area contributed by atoms with Crippen molar-refractivity contribution in [2.24, 2.45) is 5.92 Å². The lowest BCUT2D eigenvalue weighted by Gasteiger charge is -2.16. The van der Waals surface area contributed by atoms with E-state index < -0.39 is 5.97 Å². The van der Waals surface area contributed by atoms with Gasteiger partial charge in [-0.1, -0.05) is 19.3 Å². The van der Waals surface area contributed by atoms with Gasteiger partial charge in [0.1, 0.15) is 0 Å². The normalized spacial score (nSPS) is 19.6. The van der Waals surface area contributed by atoms with Crippen molar-refractivity contribution < 1.29 is 9.90 Å². The van der Waals surface area contributed by atoms with Gasteiger partial charge in [0.15, 0.2) is 0 Å². The predicted molar refractivity (Wildman–Crippen MR) is 42.8 cm³/mol. The van der Waals surface area contributed by atoms with Crippen molar-refractivity contribution in [1.82, 2.24) is 0 Å². The topological polar surface area (TPSA) is 37.3 Å². The molecular weight excluding hydrogens is 140 g/mol. The van der Waals surface area contributed by atoms with Crippen molar-refractivity contribution >= 4 is 29.0 Å². The molecular formula is C7H14MgO2. The summed E-state index contributed by atoms with van der Waals surface area (Å²) < 4.78 is 0. The summed E-state index contributed by atoms with van der Waals surface area (Å²) >= 11 is 0. The van der Waals surface area contributed by atoms with Gasteiger partial charge in [-0.3, -0.25) is 4.79 Å². The molecule has 10 heavy (non-hydrogen) atoms. The molecule has 0 unspecified atom stereocenters. The minimum atomic E-state index is -0.602. The van der Waals surface area contributed by atoms with E-state index in [0.717, 1.165) is 25.7 Å². The average molecular weight is 154 g/mol. The van der Waals surface area contributed by atoms with Crippen LogP contribution in [0.15, 0.2) is 0 Å². The molecule has 0 amide bonds. The maximum atomic E-state index is 10.4. The maximum absolute atomic E-state index is 10.4. The van der Waals surface area contributed by atoms with Crippen LogP contribution in [-0.2, 0) is 4.79 Å². The van der Waals surface area contributed by atoms with Gasteiger partial charge in [-0.2, -0.15) is 0 Å². The first-order valence-corrected chi connectivity index (χ1v) is 3.53. The van der Waals surface area contributed by atoms with Crippen LogP contribution in [-0.4, -0.2) is 34.1 Å². The Labute approximate surface area is 77.1 Å². The molecule has 0 atom stereocenters. The van der Waals surface area contributed by atoms with Crippen molar-refractivity contribution in [3.05, 3.63) is 0 Å². The van der Waals surface area contributed by atoms with Gasteiger partial charge in [0, 0.05) is 0 Å². The Morgan fingerprint density at radius 1 is 1.20 bits per heavy atom. The second kappa shape index (κ2) is 4.96. The molecule has 0 saturated heterocycles. The fourth-order valence-corrected chi connectivity index (χ4v) is 1.35. The van der Waals surface area contributed by atoms with Gasteiger partial charge < -0.3 is 5.11 Å². The lowest BCUT2D eigenvalue weighted by molar-refractivity contribution is -0.142. The number of aliphatic carboxylic acids is 1. The number of carboxylic acids is 1. The molecule has 1 saturated carbocycles. The Kier molecular flexibility index (Phi) is 5.08. The Bertz CT molecular complexity index is 108. The third kappa shape index (κ3) is 2.88. The molecule has 0 spiro atoms. The molecule has 3 heteroatoms. The number of carboxylic acid groups (broad SMARTS) is 1. The summed E-state index contributed by atoms with van der Waals surface area (Å²) in [6.07, 6.45) is 5.24. The standard InChI is InChI=1S/C7H12O2.Mg.2H/c8-7(9)6-4-2-1-3-5-6;;;/h6H,1-5H2,(H,8,9);;;. The third-order valence-electron chi connectivity index (χ3n) is 1.95. The van der Waals surface area contributed by atoms with Gasteiger partial charge in [0.2, 0.25) is 0 Å². The van der Waals surface area contributed by atoms with Gasteiger partial charge >= 0.3 is 29.0 Å². The van der Waals surface area contributed by atoms with Crippen LogP contribution in [0.4, 0.5) is 0 Å². The van der Waals surface area contributed by atoms with E-state index in [1.165, 1.54) is 6.42 Å². The van der Waals surface area contributed by atoms with E-state index in [2.05, 4.69) is 0 Å². The summed E-state index contributed by atoms with van der Waals surface area (Å²) in [5, 5.41) is 8.54. The van der Waals surface area contributed by atoms with Crippen LogP contribution in [0, 0.1) is 5.92 Å². The quantitative estimate of drug-likeness (QED) is 0.566. The Morgan fingerprint density at radius 3 is 2.00 bits per heavy atom. The highest BCUT2D eigenvalue weighted by Gasteiger charge is 2.19. The molecule has 0 aromatic carbocycles. The molecule has 1 fully saturated rings. The summed E-state index contributed by atoms with van der Waals surface area (Å²) in [5.41, 5.74) is 0. The van der Waals surface area contributed by atoms with Crippen molar-refractivity contribution in [2.75, 3.05) is 0 Å².